The molecule has 0 spiro atoms. The topological polar surface area (TPSA) is 76.1 Å². The zero-order valence-corrected chi connectivity index (χ0v) is 18.2. The molecular weight excluding hydrogens is 418 g/mol. The summed E-state index contributed by atoms with van der Waals surface area (Å²) < 4.78 is 0. The lowest BCUT2D eigenvalue weighted by atomic mass is 9.94. The molecule has 2 aliphatic heterocycles. The quantitative estimate of drug-likeness (QED) is 0.467. The third-order valence-corrected chi connectivity index (χ3v) is 6.45. The number of fused-ring (bicyclic) bond motifs is 2. The molecule has 33 heavy (non-hydrogen) atoms. The Bertz CT molecular complexity index is 1240. The van der Waals surface area contributed by atoms with Crippen molar-refractivity contribution in [3.05, 3.63) is 71.8 Å². The molecule has 5 rings (SSSR count). The Balaban J connectivity index is 1.43. The highest BCUT2D eigenvalue weighted by Crippen LogP contribution is 2.33. The Hall–Kier alpha value is -3.64. The molecule has 0 atom stereocenters. The van der Waals surface area contributed by atoms with Gasteiger partial charge in [0.05, 0.1) is 12.5 Å². The fraction of sp³-hybridized carbons (Fsp3) is 0.259. The summed E-state index contributed by atoms with van der Waals surface area (Å²) in [5.74, 6) is -0.461. The van der Waals surface area contributed by atoms with E-state index in [1.165, 1.54) is 0 Å². The molecule has 3 aromatic rings. The second-order valence-corrected chi connectivity index (χ2v) is 8.54. The van der Waals surface area contributed by atoms with Crippen LogP contribution in [0.3, 0.4) is 0 Å². The molecule has 0 bridgehead atoms. The zero-order chi connectivity index (χ0) is 22.8. The number of carbonyl (C=O) groups excluding carboxylic acids is 1. The van der Waals surface area contributed by atoms with Crippen molar-refractivity contribution < 1.29 is 24.5 Å². The molecule has 1 saturated heterocycles. The minimum absolute atomic E-state index is 0.0840. The molecule has 168 valence electrons. The molecule has 3 aromatic carbocycles. The van der Waals surface area contributed by atoms with Crippen molar-refractivity contribution >= 4 is 28.7 Å². The molecule has 0 radical (unpaired) electrons. The summed E-state index contributed by atoms with van der Waals surface area (Å²) in [6, 6.07) is 18.5. The number of likely N-dealkylation sites (tertiary alicyclic amines) is 1. The highest BCUT2D eigenvalue weighted by molar-refractivity contribution is 5.99. The number of carboxylic acid groups (broad SMARTS) is 1. The van der Waals surface area contributed by atoms with Gasteiger partial charge in [0, 0.05) is 31.1 Å². The SMILES string of the molecule is O=C(O)C1CCN(C(=O)C=Cc2cc(-c3ccc4c(c3)CCOO4)cc3ccccc23)CC1. The van der Waals surface area contributed by atoms with E-state index >= 15 is 0 Å². The molecule has 2 aliphatic rings. The van der Waals surface area contributed by atoms with Gasteiger partial charge >= 0.3 is 5.97 Å². The molecule has 1 N–H and O–H groups in total. The fourth-order valence-corrected chi connectivity index (χ4v) is 4.55. The number of rotatable bonds is 4. The first-order valence-corrected chi connectivity index (χ1v) is 11.2. The largest absolute Gasteiger partial charge is 0.481 e. The number of amides is 1. The summed E-state index contributed by atoms with van der Waals surface area (Å²) in [7, 11) is 0. The first kappa shape index (κ1) is 21.2. The summed E-state index contributed by atoms with van der Waals surface area (Å²) in [5.41, 5.74) is 4.23. The average Bonchev–Trinajstić information content (AvgIpc) is 2.86. The molecular formula is C27H25NO5. The number of aliphatic carboxylic acids is 1. The van der Waals surface area contributed by atoms with E-state index in [4.69, 9.17) is 9.78 Å². The van der Waals surface area contributed by atoms with Gasteiger partial charge in [-0.2, -0.15) is 4.89 Å². The van der Waals surface area contributed by atoms with Crippen molar-refractivity contribution in [1.82, 2.24) is 4.90 Å². The van der Waals surface area contributed by atoms with Crippen molar-refractivity contribution in [2.45, 2.75) is 19.3 Å². The van der Waals surface area contributed by atoms with Crippen LogP contribution in [0.5, 0.6) is 5.75 Å². The van der Waals surface area contributed by atoms with Crippen molar-refractivity contribution in [1.29, 1.82) is 0 Å². The van der Waals surface area contributed by atoms with Crippen LogP contribution in [-0.2, 0) is 20.9 Å². The predicted molar refractivity (Wildman–Crippen MR) is 126 cm³/mol. The highest BCUT2D eigenvalue weighted by atomic mass is 17.2. The Morgan fingerprint density at radius 2 is 1.82 bits per heavy atom. The highest BCUT2D eigenvalue weighted by Gasteiger charge is 2.26. The summed E-state index contributed by atoms with van der Waals surface area (Å²) in [5, 5.41) is 11.3. The van der Waals surface area contributed by atoms with Gasteiger partial charge in [0.15, 0.2) is 5.75 Å². The number of carbonyl (C=O) groups is 2. The zero-order valence-electron chi connectivity index (χ0n) is 18.2. The average molecular weight is 443 g/mol. The van der Waals surface area contributed by atoms with Crippen LogP contribution in [0.25, 0.3) is 28.0 Å². The molecule has 2 heterocycles. The van der Waals surface area contributed by atoms with Crippen LogP contribution in [0.4, 0.5) is 0 Å². The van der Waals surface area contributed by atoms with Gasteiger partial charge in [-0.3, -0.25) is 9.59 Å². The van der Waals surface area contributed by atoms with Crippen molar-refractivity contribution in [2.75, 3.05) is 19.7 Å². The first-order valence-electron chi connectivity index (χ1n) is 11.2. The van der Waals surface area contributed by atoms with Gasteiger partial charge in [0.25, 0.3) is 0 Å². The van der Waals surface area contributed by atoms with Crippen LogP contribution < -0.4 is 4.89 Å². The van der Waals surface area contributed by atoms with E-state index in [1.54, 1.807) is 11.0 Å². The van der Waals surface area contributed by atoms with Gasteiger partial charge < -0.3 is 14.9 Å². The third kappa shape index (κ3) is 4.47. The van der Waals surface area contributed by atoms with Gasteiger partial charge in [0.1, 0.15) is 0 Å². The van der Waals surface area contributed by atoms with Crippen LogP contribution in [-0.4, -0.2) is 41.6 Å². The van der Waals surface area contributed by atoms with Crippen LogP contribution in [0, 0.1) is 5.92 Å². The standard InChI is InChI=1S/C27H25NO5/c29-26(28-12-9-18(10-13-28)27(30)31)8-6-21-17-23(16-20-3-1-2-4-24(20)21)19-5-7-25-22(15-19)11-14-32-33-25/h1-8,15-18H,9-14H2,(H,30,31). The van der Waals surface area contributed by atoms with E-state index in [0.29, 0.717) is 32.5 Å². The van der Waals surface area contributed by atoms with Gasteiger partial charge in [-0.1, -0.05) is 30.3 Å². The van der Waals surface area contributed by atoms with E-state index < -0.39 is 5.97 Å². The Labute approximate surface area is 192 Å². The smallest absolute Gasteiger partial charge is 0.306 e. The van der Waals surface area contributed by atoms with Gasteiger partial charge in [-0.25, -0.2) is 0 Å². The molecule has 1 fully saturated rings. The second kappa shape index (κ2) is 9.08. The Kier molecular flexibility index (Phi) is 5.84. The Morgan fingerprint density at radius 1 is 1.00 bits per heavy atom. The number of nitrogens with zero attached hydrogens (tertiary/aromatic N) is 1. The third-order valence-electron chi connectivity index (χ3n) is 6.45. The molecule has 0 saturated carbocycles. The van der Waals surface area contributed by atoms with Crippen LogP contribution in [0.2, 0.25) is 0 Å². The van der Waals surface area contributed by atoms with Crippen LogP contribution in [0.1, 0.15) is 24.0 Å². The van der Waals surface area contributed by atoms with E-state index in [0.717, 1.165) is 45.2 Å². The van der Waals surface area contributed by atoms with Gasteiger partial charge in [0.2, 0.25) is 5.91 Å². The molecule has 0 aromatic heterocycles. The fourth-order valence-electron chi connectivity index (χ4n) is 4.55. The maximum atomic E-state index is 12.8. The molecule has 0 unspecified atom stereocenters. The maximum Gasteiger partial charge on any atom is 0.306 e. The predicted octanol–water partition coefficient (Wildman–Crippen LogP) is 4.71. The normalized spacial score (nSPS) is 16.5. The van der Waals surface area contributed by atoms with Crippen molar-refractivity contribution in [2.24, 2.45) is 5.92 Å². The van der Waals surface area contributed by atoms with Crippen LogP contribution in [0.15, 0.2) is 60.7 Å². The number of hydrogen-bond donors (Lipinski definition) is 1. The molecule has 6 heteroatoms. The summed E-state index contributed by atoms with van der Waals surface area (Å²) in [6.45, 7) is 1.48. The van der Waals surface area contributed by atoms with Gasteiger partial charge in [-0.05, 0) is 70.6 Å². The van der Waals surface area contributed by atoms with Gasteiger partial charge in [-0.15, -0.1) is 0 Å². The van der Waals surface area contributed by atoms with Crippen molar-refractivity contribution in [3.63, 3.8) is 0 Å². The molecule has 6 nitrogen and oxygen atoms in total. The number of benzene rings is 3. The summed E-state index contributed by atoms with van der Waals surface area (Å²) >= 11 is 0. The summed E-state index contributed by atoms with van der Waals surface area (Å²) in [6.07, 6.45) is 5.27. The lowest BCUT2D eigenvalue weighted by molar-refractivity contribution is -0.215. The maximum absolute atomic E-state index is 12.8. The monoisotopic (exact) mass is 443 g/mol. The Morgan fingerprint density at radius 3 is 2.64 bits per heavy atom. The van der Waals surface area contributed by atoms with E-state index in [9.17, 15) is 14.7 Å². The van der Waals surface area contributed by atoms with E-state index in [-0.39, 0.29) is 11.8 Å². The summed E-state index contributed by atoms with van der Waals surface area (Å²) in [4.78, 5) is 36.0. The van der Waals surface area contributed by atoms with Crippen molar-refractivity contribution in [3.8, 4) is 16.9 Å². The molecule has 0 aliphatic carbocycles. The minimum Gasteiger partial charge on any atom is -0.481 e. The molecule has 1 amide bonds. The van der Waals surface area contributed by atoms with E-state index in [1.807, 2.05) is 30.3 Å². The van der Waals surface area contributed by atoms with Crippen LogP contribution >= 0.6 is 0 Å². The number of piperidine rings is 1. The lowest BCUT2D eigenvalue weighted by Gasteiger charge is -2.29. The second-order valence-electron chi connectivity index (χ2n) is 8.54. The first-order chi connectivity index (χ1) is 16.1. The lowest BCUT2D eigenvalue weighted by Crippen LogP contribution is -2.39. The minimum atomic E-state index is -0.776. The number of hydrogen-bond acceptors (Lipinski definition) is 4. The van der Waals surface area contributed by atoms with E-state index in [2.05, 4.69) is 30.3 Å². The number of carboxylic acids is 1.